The molecule has 0 radical (unpaired) electrons. The summed E-state index contributed by atoms with van der Waals surface area (Å²) in [5.74, 6) is 0.429. The second-order valence-corrected chi connectivity index (χ2v) is 6.08. The van der Waals surface area contributed by atoms with E-state index in [-0.39, 0.29) is 4.90 Å². The van der Waals surface area contributed by atoms with Crippen molar-refractivity contribution in [1.29, 1.82) is 0 Å². The highest BCUT2D eigenvalue weighted by atomic mass is 32.2. The predicted molar refractivity (Wildman–Crippen MR) is 79.2 cm³/mol. The number of rotatable bonds is 6. The third-order valence-corrected chi connectivity index (χ3v) is 4.17. The van der Waals surface area contributed by atoms with Crippen LogP contribution < -0.4 is 10.0 Å². The quantitative estimate of drug-likeness (QED) is 0.855. The molecule has 0 unspecified atom stereocenters. The number of aromatic nitrogens is 2. The van der Waals surface area contributed by atoms with Crippen LogP contribution in [0.4, 0.5) is 11.5 Å². The molecule has 0 amide bonds. The maximum Gasteiger partial charge on any atom is 0.263 e. The summed E-state index contributed by atoms with van der Waals surface area (Å²) in [5.41, 5.74) is 0.909. The number of anilines is 2. The first kappa shape index (κ1) is 14.4. The third-order valence-electron chi connectivity index (χ3n) is 2.80. The van der Waals surface area contributed by atoms with Crippen molar-refractivity contribution < 1.29 is 8.42 Å². The summed E-state index contributed by atoms with van der Waals surface area (Å²) in [7, 11) is -1.91. The van der Waals surface area contributed by atoms with Gasteiger partial charge in [-0.05, 0) is 30.7 Å². The fraction of sp³-hybridized carbons (Fsp3) is 0.308. The summed E-state index contributed by atoms with van der Waals surface area (Å²) in [4.78, 5) is 0.223. The van der Waals surface area contributed by atoms with Crippen LogP contribution in [-0.2, 0) is 17.1 Å². The predicted octanol–water partition coefficient (Wildman–Crippen LogP) is 2.04. The first-order valence-corrected chi connectivity index (χ1v) is 7.86. The van der Waals surface area contributed by atoms with Gasteiger partial charge in [0.2, 0.25) is 0 Å². The first-order valence-electron chi connectivity index (χ1n) is 6.37. The Morgan fingerprint density at radius 1 is 1.20 bits per heavy atom. The van der Waals surface area contributed by atoms with Crippen LogP contribution in [0, 0.1) is 0 Å². The van der Waals surface area contributed by atoms with E-state index in [0.717, 1.165) is 18.7 Å². The molecule has 0 atom stereocenters. The SMILES string of the molecule is CCCNc1ccc(S(=O)(=O)Nc2ccnn2C)cc1. The number of nitrogens with zero attached hydrogens (tertiary/aromatic N) is 2. The zero-order valence-electron chi connectivity index (χ0n) is 11.5. The van der Waals surface area contributed by atoms with Gasteiger partial charge in [0.25, 0.3) is 10.0 Å². The summed E-state index contributed by atoms with van der Waals surface area (Å²) < 4.78 is 28.4. The van der Waals surface area contributed by atoms with E-state index in [9.17, 15) is 8.42 Å². The molecule has 0 aliphatic carbocycles. The molecule has 0 saturated heterocycles. The van der Waals surface area contributed by atoms with E-state index in [0.29, 0.717) is 5.82 Å². The summed E-state index contributed by atoms with van der Waals surface area (Å²) in [5, 5.41) is 7.12. The van der Waals surface area contributed by atoms with Gasteiger partial charge in [-0.2, -0.15) is 5.10 Å². The first-order chi connectivity index (χ1) is 9.53. The van der Waals surface area contributed by atoms with Gasteiger partial charge < -0.3 is 5.32 Å². The van der Waals surface area contributed by atoms with E-state index in [2.05, 4.69) is 22.1 Å². The van der Waals surface area contributed by atoms with Crippen molar-refractivity contribution >= 4 is 21.5 Å². The second kappa shape index (κ2) is 5.96. The fourth-order valence-electron chi connectivity index (χ4n) is 1.69. The standard InChI is InChI=1S/C13H18N4O2S/c1-3-9-14-11-4-6-12(7-5-11)20(18,19)16-13-8-10-15-17(13)2/h4-8,10,14,16H,3,9H2,1-2H3. The fourth-order valence-corrected chi connectivity index (χ4v) is 2.78. The Labute approximate surface area is 118 Å². The molecule has 6 nitrogen and oxygen atoms in total. The summed E-state index contributed by atoms with van der Waals surface area (Å²) >= 11 is 0. The summed E-state index contributed by atoms with van der Waals surface area (Å²) in [6.45, 7) is 2.93. The van der Waals surface area contributed by atoms with E-state index in [4.69, 9.17) is 0 Å². The van der Waals surface area contributed by atoms with E-state index >= 15 is 0 Å². The van der Waals surface area contributed by atoms with Gasteiger partial charge in [-0.25, -0.2) is 8.42 Å². The Morgan fingerprint density at radius 3 is 2.45 bits per heavy atom. The largest absolute Gasteiger partial charge is 0.385 e. The third kappa shape index (κ3) is 3.30. The van der Waals surface area contributed by atoms with Crippen molar-refractivity contribution in [2.75, 3.05) is 16.6 Å². The molecule has 2 N–H and O–H groups in total. The van der Waals surface area contributed by atoms with Gasteiger partial charge >= 0.3 is 0 Å². The van der Waals surface area contributed by atoms with Gasteiger partial charge in [0.05, 0.1) is 11.1 Å². The van der Waals surface area contributed by atoms with Gasteiger partial charge in [-0.1, -0.05) is 6.92 Å². The Kier molecular flexibility index (Phi) is 4.29. The molecule has 0 fully saturated rings. The maximum absolute atomic E-state index is 12.2. The van der Waals surface area contributed by atoms with Gasteiger partial charge in [-0.3, -0.25) is 9.40 Å². The van der Waals surface area contributed by atoms with E-state index in [1.165, 1.54) is 10.9 Å². The number of aryl methyl sites for hydroxylation is 1. The lowest BCUT2D eigenvalue weighted by atomic mass is 10.3. The van der Waals surface area contributed by atoms with Crippen LogP contribution >= 0.6 is 0 Å². The van der Waals surface area contributed by atoms with Crippen molar-refractivity contribution in [2.45, 2.75) is 18.2 Å². The molecule has 108 valence electrons. The van der Waals surface area contributed by atoms with Crippen molar-refractivity contribution in [3.05, 3.63) is 36.5 Å². The van der Waals surface area contributed by atoms with Crippen LogP contribution in [0.2, 0.25) is 0 Å². The Morgan fingerprint density at radius 2 is 1.90 bits per heavy atom. The molecule has 0 bridgehead atoms. The number of hydrogen-bond acceptors (Lipinski definition) is 4. The van der Waals surface area contributed by atoms with Crippen LogP contribution in [0.25, 0.3) is 0 Å². The molecule has 20 heavy (non-hydrogen) atoms. The molecule has 1 aromatic heterocycles. The van der Waals surface area contributed by atoms with Crippen LogP contribution in [0.1, 0.15) is 13.3 Å². The van der Waals surface area contributed by atoms with Crippen LogP contribution in [0.3, 0.4) is 0 Å². The number of benzene rings is 1. The second-order valence-electron chi connectivity index (χ2n) is 4.40. The molecule has 2 rings (SSSR count). The number of nitrogens with one attached hydrogen (secondary N) is 2. The molecule has 0 spiro atoms. The topological polar surface area (TPSA) is 76.0 Å². The average molecular weight is 294 g/mol. The van der Waals surface area contributed by atoms with E-state index in [1.54, 1.807) is 37.4 Å². The number of hydrogen-bond donors (Lipinski definition) is 2. The summed E-state index contributed by atoms with van der Waals surface area (Å²) in [6, 6.07) is 8.28. The zero-order valence-corrected chi connectivity index (χ0v) is 12.3. The minimum atomic E-state index is -3.58. The van der Waals surface area contributed by atoms with Gasteiger partial charge in [0.15, 0.2) is 0 Å². The lowest BCUT2D eigenvalue weighted by Crippen LogP contribution is -2.15. The smallest absolute Gasteiger partial charge is 0.263 e. The normalized spacial score (nSPS) is 11.3. The van der Waals surface area contributed by atoms with Crippen molar-refractivity contribution in [3.8, 4) is 0 Å². The molecule has 7 heteroatoms. The van der Waals surface area contributed by atoms with E-state index < -0.39 is 10.0 Å². The molecule has 0 aliphatic rings. The Bertz CT molecular complexity index is 662. The lowest BCUT2D eigenvalue weighted by Gasteiger charge is -2.09. The van der Waals surface area contributed by atoms with Gasteiger partial charge in [0, 0.05) is 25.3 Å². The van der Waals surface area contributed by atoms with Crippen LogP contribution in [0.5, 0.6) is 0 Å². The number of sulfonamides is 1. The molecule has 1 aromatic carbocycles. The van der Waals surface area contributed by atoms with E-state index in [1.807, 2.05) is 0 Å². The molecular weight excluding hydrogens is 276 g/mol. The van der Waals surface area contributed by atoms with Crippen molar-refractivity contribution in [2.24, 2.45) is 7.05 Å². The molecular formula is C13H18N4O2S. The lowest BCUT2D eigenvalue weighted by molar-refractivity contribution is 0.600. The monoisotopic (exact) mass is 294 g/mol. The average Bonchev–Trinajstić information content (AvgIpc) is 2.82. The Balaban J connectivity index is 2.15. The highest BCUT2D eigenvalue weighted by Crippen LogP contribution is 2.17. The highest BCUT2D eigenvalue weighted by molar-refractivity contribution is 7.92. The van der Waals surface area contributed by atoms with Gasteiger partial charge in [-0.15, -0.1) is 0 Å². The highest BCUT2D eigenvalue weighted by Gasteiger charge is 2.15. The molecule has 0 saturated carbocycles. The minimum absolute atomic E-state index is 0.223. The zero-order chi connectivity index (χ0) is 14.6. The summed E-state index contributed by atoms with van der Waals surface area (Å²) in [6.07, 6.45) is 2.55. The molecule has 2 aromatic rings. The van der Waals surface area contributed by atoms with Crippen LogP contribution in [0.15, 0.2) is 41.4 Å². The maximum atomic E-state index is 12.2. The van der Waals surface area contributed by atoms with Crippen molar-refractivity contribution in [1.82, 2.24) is 9.78 Å². The van der Waals surface area contributed by atoms with Crippen molar-refractivity contribution in [3.63, 3.8) is 0 Å². The molecule has 0 aliphatic heterocycles. The minimum Gasteiger partial charge on any atom is -0.385 e. The Hall–Kier alpha value is -2.02. The van der Waals surface area contributed by atoms with Crippen LogP contribution in [-0.4, -0.2) is 24.7 Å². The van der Waals surface area contributed by atoms with Gasteiger partial charge in [0.1, 0.15) is 5.82 Å². The molecule has 1 heterocycles.